The lowest BCUT2D eigenvalue weighted by molar-refractivity contribution is -0.134. The van der Waals surface area contributed by atoms with Gasteiger partial charge < -0.3 is 9.64 Å². The van der Waals surface area contributed by atoms with E-state index in [0.717, 1.165) is 12.0 Å². The van der Waals surface area contributed by atoms with Crippen LogP contribution in [0.4, 0.5) is 0 Å². The average molecular weight is 263 g/mol. The molecule has 0 saturated heterocycles. The van der Waals surface area contributed by atoms with Gasteiger partial charge in [0, 0.05) is 13.1 Å². The Kier molecular flexibility index (Phi) is 6.06. The van der Waals surface area contributed by atoms with Gasteiger partial charge in [0.15, 0.2) is 6.61 Å². The summed E-state index contributed by atoms with van der Waals surface area (Å²) in [6, 6.07) is 7.23. The van der Waals surface area contributed by atoms with Crippen molar-refractivity contribution >= 4 is 11.9 Å². The van der Waals surface area contributed by atoms with E-state index >= 15 is 0 Å². The standard InChI is InChI=1S/C15H21NO3/c1-4-12-7-9-13(10-8-12)15(18)19-11-14(17)16(5-2)6-3/h7-10H,4-6,11H2,1-3H3. The van der Waals surface area contributed by atoms with Crippen molar-refractivity contribution in [2.24, 2.45) is 0 Å². The average Bonchev–Trinajstić information content (AvgIpc) is 2.46. The second-order valence-corrected chi connectivity index (χ2v) is 4.19. The van der Waals surface area contributed by atoms with Gasteiger partial charge in [-0.25, -0.2) is 4.79 Å². The summed E-state index contributed by atoms with van der Waals surface area (Å²) in [6.45, 7) is 6.89. The van der Waals surface area contributed by atoms with Crippen molar-refractivity contribution in [3.8, 4) is 0 Å². The van der Waals surface area contributed by atoms with E-state index in [9.17, 15) is 9.59 Å². The molecule has 0 bridgehead atoms. The zero-order valence-corrected chi connectivity index (χ0v) is 11.8. The van der Waals surface area contributed by atoms with Crippen molar-refractivity contribution in [2.45, 2.75) is 27.2 Å². The maximum atomic E-state index is 11.8. The third-order valence-corrected chi connectivity index (χ3v) is 3.04. The summed E-state index contributed by atoms with van der Waals surface area (Å²) in [5.41, 5.74) is 1.64. The van der Waals surface area contributed by atoms with E-state index in [0.29, 0.717) is 18.7 Å². The summed E-state index contributed by atoms with van der Waals surface area (Å²) in [4.78, 5) is 25.1. The zero-order valence-electron chi connectivity index (χ0n) is 11.8. The molecular weight excluding hydrogens is 242 g/mol. The molecule has 104 valence electrons. The molecule has 1 rings (SSSR count). The molecule has 1 amide bonds. The van der Waals surface area contributed by atoms with Gasteiger partial charge in [-0.05, 0) is 38.0 Å². The van der Waals surface area contributed by atoms with E-state index in [1.807, 2.05) is 26.0 Å². The second-order valence-electron chi connectivity index (χ2n) is 4.19. The van der Waals surface area contributed by atoms with Gasteiger partial charge in [0.1, 0.15) is 0 Å². The Morgan fingerprint density at radius 3 is 2.11 bits per heavy atom. The molecule has 0 aliphatic rings. The Morgan fingerprint density at radius 2 is 1.63 bits per heavy atom. The molecular formula is C15H21NO3. The van der Waals surface area contributed by atoms with Crippen LogP contribution in [0.2, 0.25) is 0 Å². The SMILES string of the molecule is CCc1ccc(C(=O)OCC(=O)N(CC)CC)cc1. The van der Waals surface area contributed by atoms with Gasteiger partial charge >= 0.3 is 5.97 Å². The highest BCUT2D eigenvalue weighted by Gasteiger charge is 2.13. The van der Waals surface area contributed by atoms with Crippen molar-refractivity contribution in [3.05, 3.63) is 35.4 Å². The molecule has 0 radical (unpaired) electrons. The van der Waals surface area contributed by atoms with Gasteiger partial charge in [-0.1, -0.05) is 19.1 Å². The summed E-state index contributed by atoms with van der Waals surface area (Å²) in [5, 5.41) is 0. The summed E-state index contributed by atoms with van der Waals surface area (Å²) in [5.74, 6) is -0.619. The summed E-state index contributed by atoms with van der Waals surface area (Å²) >= 11 is 0. The van der Waals surface area contributed by atoms with Gasteiger partial charge in [0.25, 0.3) is 5.91 Å². The first-order valence-electron chi connectivity index (χ1n) is 6.66. The molecule has 0 unspecified atom stereocenters. The number of nitrogens with zero attached hydrogens (tertiary/aromatic N) is 1. The Hall–Kier alpha value is -1.84. The molecule has 0 aliphatic heterocycles. The van der Waals surface area contributed by atoms with Gasteiger partial charge in [-0.15, -0.1) is 0 Å². The highest BCUT2D eigenvalue weighted by atomic mass is 16.5. The first-order valence-corrected chi connectivity index (χ1v) is 6.66. The third kappa shape index (κ3) is 4.39. The summed E-state index contributed by atoms with van der Waals surface area (Å²) in [7, 11) is 0. The molecule has 0 fully saturated rings. The van der Waals surface area contributed by atoms with Crippen LogP contribution in [0.1, 0.15) is 36.7 Å². The van der Waals surface area contributed by atoms with E-state index in [4.69, 9.17) is 4.74 Å². The molecule has 1 aromatic rings. The highest BCUT2D eigenvalue weighted by Crippen LogP contribution is 2.06. The number of rotatable bonds is 6. The van der Waals surface area contributed by atoms with E-state index in [1.54, 1.807) is 17.0 Å². The van der Waals surface area contributed by atoms with Gasteiger partial charge in [-0.3, -0.25) is 4.79 Å². The zero-order chi connectivity index (χ0) is 14.3. The fourth-order valence-electron chi connectivity index (χ4n) is 1.75. The van der Waals surface area contributed by atoms with Gasteiger partial charge in [0.05, 0.1) is 5.56 Å². The number of ether oxygens (including phenoxy) is 1. The second kappa shape index (κ2) is 7.56. The summed E-state index contributed by atoms with van der Waals surface area (Å²) < 4.78 is 5.02. The number of hydrogen-bond acceptors (Lipinski definition) is 3. The first-order chi connectivity index (χ1) is 9.12. The lowest BCUT2D eigenvalue weighted by Crippen LogP contribution is -2.34. The van der Waals surface area contributed by atoms with Crippen LogP contribution in [0.5, 0.6) is 0 Å². The van der Waals surface area contributed by atoms with E-state index in [-0.39, 0.29) is 12.5 Å². The van der Waals surface area contributed by atoms with Gasteiger partial charge in [-0.2, -0.15) is 0 Å². The topological polar surface area (TPSA) is 46.6 Å². The molecule has 0 saturated carbocycles. The predicted octanol–water partition coefficient (Wildman–Crippen LogP) is 2.27. The number of amides is 1. The van der Waals surface area contributed by atoms with Crippen LogP contribution in [0.3, 0.4) is 0 Å². The fourth-order valence-corrected chi connectivity index (χ4v) is 1.75. The Balaban J connectivity index is 2.52. The van der Waals surface area contributed by atoms with Crippen LogP contribution in [-0.4, -0.2) is 36.5 Å². The number of aryl methyl sites for hydroxylation is 1. The largest absolute Gasteiger partial charge is 0.452 e. The molecule has 0 heterocycles. The molecule has 1 aromatic carbocycles. The molecule has 0 aliphatic carbocycles. The van der Waals surface area contributed by atoms with E-state index < -0.39 is 5.97 Å². The lowest BCUT2D eigenvalue weighted by Gasteiger charge is -2.18. The Labute approximate surface area is 114 Å². The van der Waals surface area contributed by atoms with Gasteiger partial charge in [0.2, 0.25) is 0 Å². The van der Waals surface area contributed by atoms with Crippen LogP contribution in [0, 0.1) is 0 Å². The molecule has 0 atom stereocenters. The minimum absolute atomic E-state index is 0.163. The number of carbonyl (C=O) groups excluding carboxylic acids is 2. The number of benzene rings is 1. The number of carbonyl (C=O) groups is 2. The van der Waals surface area contributed by atoms with Crippen LogP contribution < -0.4 is 0 Å². The normalized spacial score (nSPS) is 10.1. The predicted molar refractivity (Wildman–Crippen MR) is 74.0 cm³/mol. The Bertz CT molecular complexity index is 422. The van der Waals surface area contributed by atoms with Crippen LogP contribution in [0.15, 0.2) is 24.3 Å². The lowest BCUT2D eigenvalue weighted by atomic mass is 10.1. The fraction of sp³-hybridized carbons (Fsp3) is 0.467. The van der Waals surface area contributed by atoms with E-state index in [2.05, 4.69) is 6.92 Å². The van der Waals surface area contributed by atoms with Crippen molar-refractivity contribution in [1.82, 2.24) is 4.90 Å². The smallest absolute Gasteiger partial charge is 0.338 e. The maximum absolute atomic E-state index is 11.8. The number of likely N-dealkylation sites (N-methyl/N-ethyl adjacent to an activating group) is 1. The molecule has 4 heteroatoms. The van der Waals surface area contributed by atoms with Crippen molar-refractivity contribution in [2.75, 3.05) is 19.7 Å². The first kappa shape index (κ1) is 15.2. The monoisotopic (exact) mass is 263 g/mol. The number of esters is 1. The van der Waals surface area contributed by atoms with Crippen molar-refractivity contribution < 1.29 is 14.3 Å². The van der Waals surface area contributed by atoms with Crippen molar-refractivity contribution in [3.63, 3.8) is 0 Å². The highest BCUT2D eigenvalue weighted by molar-refractivity contribution is 5.91. The minimum Gasteiger partial charge on any atom is -0.452 e. The maximum Gasteiger partial charge on any atom is 0.338 e. The quantitative estimate of drug-likeness (QED) is 0.740. The molecule has 0 N–H and O–H groups in total. The van der Waals surface area contributed by atoms with Crippen molar-refractivity contribution in [1.29, 1.82) is 0 Å². The summed E-state index contributed by atoms with van der Waals surface area (Å²) in [6.07, 6.45) is 0.926. The molecule has 0 spiro atoms. The third-order valence-electron chi connectivity index (χ3n) is 3.04. The minimum atomic E-state index is -0.455. The van der Waals surface area contributed by atoms with Crippen LogP contribution in [0.25, 0.3) is 0 Å². The van der Waals surface area contributed by atoms with Crippen LogP contribution >= 0.6 is 0 Å². The number of hydrogen-bond donors (Lipinski definition) is 0. The van der Waals surface area contributed by atoms with Crippen LogP contribution in [-0.2, 0) is 16.0 Å². The molecule has 4 nitrogen and oxygen atoms in total. The molecule has 19 heavy (non-hydrogen) atoms. The molecule has 0 aromatic heterocycles. The van der Waals surface area contributed by atoms with E-state index in [1.165, 1.54) is 0 Å². The Morgan fingerprint density at radius 1 is 1.05 bits per heavy atom.